The minimum atomic E-state index is -0.0443. The lowest BCUT2D eigenvalue weighted by Gasteiger charge is -2.09. The topological polar surface area (TPSA) is 42.0 Å². The summed E-state index contributed by atoms with van der Waals surface area (Å²) in [6, 6.07) is 11.8. The molecule has 1 aliphatic rings. The molecule has 1 aromatic carbocycles. The molecule has 1 aliphatic heterocycles. The maximum absolute atomic E-state index is 12.1. The van der Waals surface area contributed by atoms with Crippen molar-refractivity contribution in [2.45, 2.75) is 11.1 Å². The fourth-order valence-electron chi connectivity index (χ4n) is 2.13. The lowest BCUT2D eigenvalue weighted by atomic mass is 10.1. The number of pyridine rings is 1. The number of nitrogens with one attached hydrogen (secondary N) is 1. The molecule has 21 heavy (non-hydrogen) atoms. The Morgan fingerprint density at radius 1 is 1.19 bits per heavy atom. The van der Waals surface area contributed by atoms with Crippen LogP contribution in [0.5, 0.6) is 0 Å². The van der Waals surface area contributed by atoms with Crippen molar-refractivity contribution in [3.8, 4) is 0 Å². The molecule has 1 fully saturated rings. The van der Waals surface area contributed by atoms with Gasteiger partial charge in [0.05, 0.1) is 4.58 Å². The summed E-state index contributed by atoms with van der Waals surface area (Å²) in [4.78, 5) is 16.1. The number of thioether (sulfide) groups is 2. The SMILES string of the molecule is O=C(NCc1cccnc1)c1ccc(C2SCCS2)cc1. The van der Waals surface area contributed by atoms with E-state index in [0.717, 1.165) is 5.56 Å². The molecule has 0 bridgehead atoms. The second kappa shape index (κ2) is 7.00. The van der Waals surface area contributed by atoms with Crippen molar-refractivity contribution in [3.63, 3.8) is 0 Å². The Kier molecular flexibility index (Phi) is 4.83. The largest absolute Gasteiger partial charge is 0.348 e. The molecule has 1 amide bonds. The smallest absolute Gasteiger partial charge is 0.251 e. The minimum Gasteiger partial charge on any atom is -0.348 e. The van der Waals surface area contributed by atoms with E-state index in [4.69, 9.17) is 0 Å². The molecule has 0 spiro atoms. The molecule has 1 aromatic heterocycles. The van der Waals surface area contributed by atoms with Crippen molar-refractivity contribution in [1.29, 1.82) is 0 Å². The van der Waals surface area contributed by atoms with E-state index < -0.39 is 0 Å². The lowest BCUT2D eigenvalue weighted by Crippen LogP contribution is -2.22. The van der Waals surface area contributed by atoms with Gasteiger partial charge in [0.2, 0.25) is 0 Å². The summed E-state index contributed by atoms with van der Waals surface area (Å²) in [7, 11) is 0. The Morgan fingerprint density at radius 2 is 1.95 bits per heavy atom. The third kappa shape index (κ3) is 3.80. The third-order valence-corrected chi connectivity index (χ3v) is 6.35. The normalized spacial score (nSPS) is 15.0. The zero-order chi connectivity index (χ0) is 14.5. The van der Waals surface area contributed by atoms with Crippen LogP contribution in [0.4, 0.5) is 0 Å². The number of rotatable bonds is 4. The number of hydrogen-bond acceptors (Lipinski definition) is 4. The standard InChI is InChI=1S/C16H16N2OS2/c19-15(18-11-12-2-1-7-17-10-12)13-3-5-14(6-4-13)16-20-8-9-21-16/h1-7,10,16H,8-9,11H2,(H,18,19). The Balaban J connectivity index is 1.59. The van der Waals surface area contributed by atoms with Crippen molar-refractivity contribution in [1.82, 2.24) is 10.3 Å². The third-order valence-electron chi connectivity index (χ3n) is 3.24. The van der Waals surface area contributed by atoms with E-state index in [1.54, 1.807) is 12.4 Å². The quantitative estimate of drug-likeness (QED) is 0.937. The van der Waals surface area contributed by atoms with Crippen LogP contribution in [0.25, 0.3) is 0 Å². The predicted octanol–water partition coefficient (Wildman–Crippen LogP) is 3.49. The Morgan fingerprint density at radius 3 is 2.62 bits per heavy atom. The molecule has 2 heterocycles. The van der Waals surface area contributed by atoms with E-state index in [2.05, 4.69) is 22.4 Å². The van der Waals surface area contributed by atoms with E-state index in [9.17, 15) is 4.79 Å². The predicted molar refractivity (Wildman–Crippen MR) is 89.5 cm³/mol. The highest BCUT2D eigenvalue weighted by Crippen LogP contribution is 2.45. The van der Waals surface area contributed by atoms with Crippen LogP contribution in [0.15, 0.2) is 48.8 Å². The molecule has 0 aliphatic carbocycles. The number of amides is 1. The van der Waals surface area contributed by atoms with Gasteiger partial charge in [-0.25, -0.2) is 0 Å². The van der Waals surface area contributed by atoms with Crippen molar-refractivity contribution in [3.05, 3.63) is 65.5 Å². The van der Waals surface area contributed by atoms with Gasteiger partial charge in [0.25, 0.3) is 5.91 Å². The van der Waals surface area contributed by atoms with Gasteiger partial charge in [-0.2, -0.15) is 0 Å². The summed E-state index contributed by atoms with van der Waals surface area (Å²) in [5, 5.41) is 2.91. The van der Waals surface area contributed by atoms with Crippen molar-refractivity contribution in [2.75, 3.05) is 11.5 Å². The van der Waals surface area contributed by atoms with E-state index >= 15 is 0 Å². The van der Waals surface area contributed by atoms with Crippen LogP contribution in [-0.2, 0) is 6.54 Å². The minimum absolute atomic E-state index is 0.0443. The van der Waals surface area contributed by atoms with Crippen LogP contribution in [-0.4, -0.2) is 22.4 Å². The van der Waals surface area contributed by atoms with Crippen LogP contribution in [0.2, 0.25) is 0 Å². The number of aromatic nitrogens is 1. The van der Waals surface area contributed by atoms with Gasteiger partial charge < -0.3 is 5.32 Å². The first kappa shape index (κ1) is 14.5. The number of hydrogen-bond donors (Lipinski definition) is 1. The Labute approximate surface area is 132 Å². The fourth-order valence-corrected chi connectivity index (χ4v) is 4.99. The molecule has 3 rings (SSSR count). The summed E-state index contributed by atoms with van der Waals surface area (Å²) < 4.78 is 0.525. The summed E-state index contributed by atoms with van der Waals surface area (Å²) >= 11 is 3.95. The highest BCUT2D eigenvalue weighted by atomic mass is 32.2. The molecular weight excluding hydrogens is 300 g/mol. The van der Waals surface area contributed by atoms with Crippen molar-refractivity contribution in [2.24, 2.45) is 0 Å². The van der Waals surface area contributed by atoms with E-state index in [-0.39, 0.29) is 5.91 Å². The van der Waals surface area contributed by atoms with E-state index in [1.165, 1.54) is 17.1 Å². The first-order valence-electron chi connectivity index (χ1n) is 6.83. The van der Waals surface area contributed by atoms with Gasteiger partial charge in [-0.15, -0.1) is 23.5 Å². The van der Waals surface area contributed by atoms with Gasteiger partial charge in [0.1, 0.15) is 0 Å². The Hall–Kier alpha value is -1.46. The average molecular weight is 316 g/mol. The van der Waals surface area contributed by atoms with Crippen LogP contribution >= 0.6 is 23.5 Å². The molecule has 1 saturated heterocycles. The van der Waals surface area contributed by atoms with Gasteiger partial charge in [0.15, 0.2) is 0 Å². The maximum atomic E-state index is 12.1. The first-order chi connectivity index (χ1) is 10.3. The number of carbonyl (C=O) groups is 1. The second-order valence-electron chi connectivity index (χ2n) is 4.74. The van der Waals surface area contributed by atoms with E-state index in [0.29, 0.717) is 16.7 Å². The van der Waals surface area contributed by atoms with Crippen LogP contribution in [0.3, 0.4) is 0 Å². The summed E-state index contributed by atoms with van der Waals surface area (Å²) in [5.74, 6) is 2.38. The number of nitrogens with zero attached hydrogens (tertiary/aromatic N) is 1. The summed E-state index contributed by atoms with van der Waals surface area (Å²) in [5.41, 5.74) is 3.00. The lowest BCUT2D eigenvalue weighted by molar-refractivity contribution is 0.0951. The molecule has 5 heteroatoms. The highest BCUT2D eigenvalue weighted by Gasteiger charge is 2.18. The number of carbonyl (C=O) groups excluding carboxylic acids is 1. The van der Waals surface area contributed by atoms with Crippen LogP contribution < -0.4 is 5.32 Å². The molecule has 2 aromatic rings. The zero-order valence-corrected chi connectivity index (χ0v) is 13.1. The monoisotopic (exact) mass is 316 g/mol. The van der Waals surface area contributed by atoms with Gasteiger partial charge >= 0.3 is 0 Å². The molecular formula is C16H16N2OS2. The molecule has 0 unspecified atom stereocenters. The van der Waals surface area contributed by atoms with Crippen LogP contribution in [0.1, 0.15) is 26.1 Å². The molecule has 1 N–H and O–H groups in total. The molecule has 0 radical (unpaired) electrons. The van der Waals surface area contributed by atoms with Crippen LogP contribution in [0, 0.1) is 0 Å². The van der Waals surface area contributed by atoms with Gasteiger partial charge in [-0.05, 0) is 29.3 Å². The van der Waals surface area contributed by atoms with Gasteiger partial charge in [0, 0.05) is 36.0 Å². The highest BCUT2D eigenvalue weighted by molar-refractivity contribution is 8.19. The fraction of sp³-hybridized carbons (Fsp3) is 0.250. The summed E-state index contributed by atoms with van der Waals surface area (Å²) in [6.07, 6.45) is 3.49. The van der Waals surface area contributed by atoms with Gasteiger partial charge in [-0.1, -0.05) is 18.2 Å². The summed E-state index contributed by atoms with van der Waals surface area (Å²) in [6.45, 7) is 0.503. The van der Waals surface area contributed by atoms with Crippen molar-refractivity contribution >= 4 is 29.4 Å². The van der Waals surface area contributed by atoms with Crippen molar-refractivity contribution < 1.29 is 4.79 Å². The molecule has 0 saturated carbocycles. The van der Waals surface area contributed by atoms with E-state index in [1.807, 2.05) is 47.8 Å². The zero-order valence-electron chi connectivity index (χ0n) is 11.5. The first-order valence-corrected chi connectivity index (χ1v) is 8.93. The molecule has 0 atom stereocenters. The van der Waals surface area contributed by atoms with Gasteiger partial charge in [-0.3, -0.25) is 9.78 Å². The number of benzene rings is 1. The average Bonchev–Trinajstić information content (AvgIpc) is 3.08. The molecule has 108 valence electrons. The maximum Gasteiger partial charge on any atom is 0.251 e. The molecule has 3 nitrogen and oxygen atoms in total. The Bertz CT molecular complexity index is 595. The second-order valence-corrected chi connectivity index (χ2v) is 7.46.